The lowest BCUT2D eigenvalue weighted by molar-refractivity contribution is 0.0336. The van der Waals surface area contributed by atoms with Crippen molar-refractivity contribution in [3.05, 3.63) is 12.1 Å². The van der Waals surface area contributed by atoms with Crippen LogP contribution < -0.4 is 0 Å². The van der Waals surface area contributed by atoms with Gasteiger partial charge in [-0.3, -0.25) is 0 Å². The number of halogens is 1. The quantitative estimate of drug-likeness (QED) is 0.335. The fourth-order valence-electron chi connectivity index (χ4n) is 1.38. The first kappa shape index (κ1) is 13.5. The minimum absolute atomic E-state index is 0.113. The number of alkyl halides is 1. The van der Waals surface area contributed by atoms with Gasteiger partial charge in [0.2, 0.25) is 0 Å². The van der Waals surface area contributed by atoms with E-state index in [4.69, 9.17) is 9.31 Å². The van der Waals surface area contributed by atoms with Gasteiger partial charge in [-0.2, -0.15) is 0 Å². The number of hydrogen-bond acceptors (Lipinski definition) is 2. The Morgan fingerprint density at radius 2 is 1.93 bits per heavy atom. The zero-order chi connectivity index (χ0) is 11.1. The van der Waals surface area contributed by atoms with E-state index in [1.54, 1.807) is 0 Å². The molecule has 0 bridgehead atoms. The molecule has 0 aromatic rings. The van der Waals surface area contributed by atoms with E-state index < -0.39 is 0 Å². The number of hydrogen-bond donors (Lipinski definition) is 0. The Bertz CT molecular complexity index is 197. The fraction of sp³-hybridized carbons (Fsp3) is 0.818. The molecule has 0 atom stereocenters. The Morgan fingerprint density at radius 1 is 1.27 bits per heavy atom. The molecule has 0 amide bonds. The van der Waals surface area contributed by atoms with E-state index in [1.165, 1.54) is 17.3 Å². The van der Waals surface area contributed by atoms with E-state index in [0.29, 0.717) is 0 Å². The average Bonchev–Trinajstić information content (AvgIpc) is 2.20. The van der Waals surface area contributed by atoms with Gasteiger partial charge in [-0.05, 0) is 23.7 Å². The zero-order valence-corrected chi connectivity index (χ0v) is 11.8. The van der Waals surface area contributed by atoms with Crippen molar-refractivity contribution in [1.29, 1.82) is 0 Å². The summed E-state index contributed by atoms with van der Waals surface area (Å²) in [6.07, 6.45) is 5.87. The first-order valence-corrected chi connectivity index (χ1v) is 7.12. The second kappa shape index (κ2) is 6.91. The normalized spacial score (nSPS) is 21.1. The van der Waals surface area contributed by atoms with Crippen molar-refractivity contribution in [2.45, 2.75) is 33.1 Å². The molecule has 4 heteroatoms. The van der Waals surface area contributed by atoms with E-state index in [1.807, 2.05) is 5.98 Å². The van der Waals surface area contributed by atoms with Crippen LogP contribution in [-0.4, -0.2) is 24.8 Å². The molecular formula is C11H20BIO2. The highest BCUT2D eigenvalue weighted by Gasteiger charge is 2.29. The topological polar surface area (TPSA) is 18.5 Å². The summed E-state index contributed by atoms with van der Waals surface area (Å²) in [5.74, 6) is 2.04. The predicted octanol–water partition coefficient (Wildman–Crippen LogP) is 3.25. The predicted molar refractivity (Wildman–Crippen MR) is 73.3 cm³/mol. The van der Waals surface area contributed by atoms with Crippen LogP contribution >= 0.6 is 22.6 Å². The van der Waals surface area contributed by atoms with Crippen molar-refractivity contribution >= 4 is 29.7 Å². The van der Waals surface area contributed by atoms with Crippen molar-refractivity contribution in [1.82, 2.24) is 0 Å². The third-order valence-corrected chi connectivity index (χ3v) is 3.09. The summed E-state index contributed by atoms with van der Waals surface area (Å²) >= 11 is 2.41. The molecule has 1 saturated heterocycles. The van der Waals surface area contributed by atoms with Gasteiger partial charge in [-0.25, -0.2) is 0 Å². The van der Waals surface area contributed by atoms with Gasteiger partial charge in [-0.1, -0.05) is 48.5 Å². The molecule has 0 saturated carbocycles. The lowest BCUT2D eigenvalue weighted by Crippen LogP contribution is -2.39. The first-order valence-electron chi connectivity index (χ1n) is 5.60. The van der Waals surface area contributed by atoms with Gasteiger partial charge in [-0.15, -0.1) is 0 Å². The molecule has 15 heavy (non-hydrogen) atoms. The molecule has 2 nitrogen and oxygen atoms in total. The smallest absolute Gasteiger partial charge is 0.407 e. The van der Waals surface area contributed by atoms with Crippen LogP contribution in [0.2, 0.25) is 0 Å². The molecule has 0 aromatic carbocycles. The molecule has 1 aliphatic rings. The third-order valence-electron chi connectivity index (χ3n) is 2.32. The molecular weight excluding hydrogens is 302 g/mol. The van der Waals surface area contributed by atoms with E-state index in [9.17, 15) is 0 Å². The Balaban J connectivity index is 2.12. The molecule has 0 radical (unpaired) electrons. The maximum absolute atomic E-state index is 5.59. The Kier molecular flexibility index (Phi) is 6.23. The summed E-state index contributed by atoms with van der Waals surface area (Å²) < 4.78 is 12.4. The molecule has 1 rings (SSSR count). The summed E-state index contributed by atoms with van der Waals surface area (Å²) in [6, 6.07) is 0. The lowest BCUT2D eigenvalue weighted by atomic mass is 9.83. The summed E-state index contributed by atoms with van der Waals surface area (Å²) in [5.41, 5.74) is 0.172. The van der Waals surface area contributed by atoms with Crippen molar-refractivity contribution in [3.8, 4) is 0 Å². The van der Waals surface area contributed by atoms with Crippen LogP contribution in [0.25, 0.3) is 0 Å². The first-order chi connectivity index (χ1) is 7.14. The van der Waals surface area contributed by atoms with Crippen LogP contribution in [0.3, 0.4) is 0 Å². The van der Waals surface area contributed by atoms with Crippen LogP contribution in [0, 0.1) is 5.41 Å². The lowest BCUT2D eigenvalue weighted by Gasteiger charge is -2.31. The fourth-order valence-corrected chi connectivity index (χ4v) is 1.92. The van der Waals surface area contributed by atoms with E-state index >= 15 is 0 Å². The van der Waals surface area contributed by atoms with Crippen LogP contribution in [0.5, 0.6) is 0 Å². The van der Waals surface area contributed by atoms with Gasteiger partial charge in [0.25, 0.3) is 0 Å². The minimum Gasteiger partial charge on any atom is -0.407 e. The molecule has 0 N–H and O–H groups in total. The van der Waals surface area contributed by atoms with Gasteiger partial charge < -0.3 is 9.31 Å². The standard InChI is InChI=1S/C11H20BIO2/c1-11(2)9-14-12(15-10-11)7-5-3-4-6-8-13/h5,7H,3-4,6,8-10H2,1-2H3/b7-5+. The van der Waals surface area contributed by atoms with Crippen LogP contribution in [0.15, 0.2) is 12.1 Å². The maximum atomic E-state index is 5.59. The highest BCUT2D eigenvalue weighted by molar-refractivity contribution is 14.1. The van der Waals surface area contributed by atoms with Gasteiger partial charge in [0.05, 0.1) is 0 Å². The van der Waals surface area contributed by atoms with Crippen molar-refractivity contribution < 1.29 is 9.31 Å². The van der Waals surface area contributed by atoms with E-state index in [0.717, 1.165) is 19.6 Å². The summed E-state index contributed by atoms with van der Waals surface area (Å²) in [5, 5.41) is 0. The molecule has 1 fully saturated rings. The van der Waals surface area contributed by atoms with Gasteiger partial charge in [0, 0.05) is 18.6 Å². The largest absolute Gasteiger partial charge is 0.485 e. The van der Waals surface area contributed by atoms with Crippen LogP contribution in [-0.2, 0) is 9.31 Å². The monoisotopic (exact) mass is 322 g/mol. The number of allylic oxidation sites excluding steroid dienone is 1. The van der Waals surface area contributed by atoms with Gasteiger partial charge in [0.15, 0.2) is 0 Å². The number of rotatable bonds is 5. The molecule has 86 valence electrons. The highest BCUT2D eigenvalue weighted by Crippen LogP contribution is 2.21. The Labute approximate surface area is 107 Å². The van der Waals surface area contributed by atoms with E-state index in [-0.39, 0.29) is 12.5 Å². The minimum atomic E-state index is -0.113. The summed E-state index contributed by atoms with van der Waals surface area (Å²) in [4.78, 5) is 0. The third kappa shape index (κ3) is 5.92. The molecule has 1 heterocycles. The second-order valence-electron chi connectivity index (χ2n) is 4.77. The average molecular weight is 322 g/mol. The second-order valence-corrected chi connectivity index (χ2v) is 5.85. The van der Waals surface area contributed by atoms with Gasteiger partial charge >= 0.3 is 7.12 Å². The molecule has 0 aromatic heterocycles. The zero-order valence-electron chi connectivity index (χ0n) is 9.67. The van der Waals surface area contributed by atoms with Crippen molar-refractivity contribution in [3.63, 3.8) is 0 Å². The molecule has 0 unspecified atom stereocenters. The maximum Gasteiger partial charge on any atom is 0.485 e. The molecule has 0 aliphatic carbocycles. The van der Waals surface area contributed by atoms with Crippen LogP contribution in [0.4, 0.5) is 0 Å². The summed E-state index contributed by atoms with van der Waals surface area (Å²) in [6.45, 7) is 5.90. The molecule has 0 spiro atoms. The van der Waals surface area contributed by atoms with Crippen LogP contribution in [0.1, 0.15) is 33.1 Å². The number of unbranched alkanes of at least 4 members (excludes halogenated alkanes) is 2. The Morgan fingerprint density at radius 3 is 2.53 bits per heavy atom. The molecule has 1 aliphatic heterocycles. The van der Waals surface area contributed by atoms with E-state index in [2.05, 4.69) is 42.5 Å². The summed E-state index contributed by atoms with van der Waals surface area (Å²) in [7, 11) is -0.113. The SMILES string of the molecule is CC1(C)COB(/C=C/CCCCI)OC1. The van der Waals surface area contributed by atoms with Gasteiger partial charge in [0.1, 0.15) is 0 Å². The highest BCUT2D eigenvalue weighted by atomic mass is 127. The Hall–Kier alpha value is 0.455. The van der Waals surface area contributed by atoms with Crippen molar-refractivity contribution in [2.24, 2.45) is 5.41 Å². The van der Waals surface area contributed by atoms with Crippen molar-refractivity contribution in [2.75, 3.05) is 17.6 Å².